The van der Waals surface area contributed by atoms with Gasteiger partial charge in [0.25, 0.3) is 0 Å². The second-order valence-electron chi connectivity index (χ2n) is 9.37. The number of hydrogen-bond acceptors (Lipinski definition) is 6. The van der Waals surface area contributed by atoms with E-state index in [4.69, 9.17) is 9.47 Å². The van der Waals surface area contributed by atoms with Crippen LogP contribution in [0.1, 0.15) is 56.9 Å². The minimum Gasteiger partial charge on any atom is -0.447 e. The van der Waals surface area contributed by atoms with E-state index in [9.17, 15) is 19.2 Å². The van der Waals surface area contributed by atoms with Crippen molar-refractivity contribution in [2.45, 2.75) is 70.1 Å². The van der Waals surface area contributed by atoms with Crippen molar-refractivity contribution in [1.82, 2.24) is 16.0 Å². The van der Waals surface area contributed by atoms with Crippen LogP contribution in [-0.4, -0.2) is 56.0 Å². The highest BCUT2D eigenvalue weighted by atomic mass is 16.6. The van der Waals surface area contributed by atoms with Crippen LogP contribution in [0.4, 0.5) is 4.79 Å². The molecule has 3 N–H and O–H groups in total. The van der Waals surface area contributed by atoms with Gasteiger partial charge in [0.1, 0.15) is 18.9 Å². The van der Waals surface area contributed by atoms with Crippen LogP contribution >= 0.6 is 0 Å². The Morgan fingerprint density at radius 3 is 2.49 bits per heavy atom. The van der Waals surface area contributed by atoms with E-state index in [0.717, 1.165) is 31.2 Å². The second kappa shape index (κ2) is 14.5. The molecule has 1 aromatic rings. The van der Waals surface area contributed by atoms with Crippen molar-refractivity contribution in [2.24, 2.45) is 11.8 Å². The van der Waals surface area contributed by atoms with Crippen molar-refractivity contribution in [1.29, 1.82) is 0 Å². The predicted octanol–water partition coefficient (Wildman–Crippen LogP) is 2.48. The minimum atomic E-state index is -0.810. The van der Waals surface area contributed by atoms with Gasteiger partial charge in [0, 0.05) is 12.5 Å². The van der Waals surface area contributed by atoms with Gasteiger partial charge in [0.05, 0.1) is 19.3 Å². The van der Waals surface area contributed by atoms with Gasteiger partial charge in [-0.3, -0.25) is 9.59 Å². The van der Waals surface area contributed by atoms with E-state index in [1.54, 1.807) is 0 Å². The van der Waals surface area contributed by atoms with Crippen molar-refractivity contribution in [2.75, 3.05) is 19.8 Å². The minimum absolute atomic E-state index is 0.0597. The Labute approximate surface area is 206 Å². The predicted molar refractivity (Wildman–Crippen MR) is 129 cm³/mol. The monoisotopic (exact) mass is 487 g/mol. The summed E-state index contributed by atoms with van der Waals surface area (Å²) in [7, 11) is 0. The van der Waals surface area contributed by atoms with Gasteiger partial charge in [-0.2, -0.15) is 0 Å². The molecule has 1 heterocycles. The molecule has 0 unspecified atom stereocenters. The Bertz CT molecular complexity index is 828. The molecule has 0 spiro atoms. The molecule has 1 saturated heterocycles. The topological polar surface area (TPSA) is 123 Å². The van der Waals surface area contributed by atoms with E-state index in [0.29, 0.717) is 38.2 Å². The summed E-state index contributed by atoms with van der Waals surface area (Å²) >= 11 is 0. The number of amides is 3. The maximum Gasteiger partial charge on any atom is 0.407 e. The van der Waals surface area contributed by atoms with E-state index >= 15 is 0 Å². The molecule has 1 aliphatic carbocycles. The summed E-state index contributed by atoms with van der Waals surface area (Å²) in [6, 6.07) is 8.10. The molecule has 3 rings (SSSR count). The molecule has 3 atom stereocenters. The van der Waals surface area contributed by atoms with Crippen molar-refractivity contribution in [3.63, 3.8) is 0 Å². The lowest BCUT2D eigenvalue weighted by Crippen LogP contribution is -2.51. The Kier molecular flexibility index (Phi) is 11.0. The molecule has 9 nitrogen and oxygen atoms in total. The van der Waals surface area contributed by atoms with E-state index in [2.05, 4.69) is 16.0 Å². The number of aldehydes is 1. The first-order valence-electron chi connectivity index (χ1n) is 12.6. The van der Waals surface area contributed by atoms with E-state index in [1.807, 2.05) is 30.3 Å². The molecule has 1 saturated carbocycles. The van der Waals surface area contributed by atoms with Gasteiger partial charge in [-0.25, -0.2) is 4.79 Å². The van der Waals surface area contributed by atoms with Crippen molar-refractivity contribution in [3.05, 3.63) is 35.9 Å². The van der Waals surface area contributed by atoms with Gasteiger partial charge in [-0.15, -0.1) is 0 Å². The molecular weight excluding hydrogens is 450 g/mol. The number of rotatable bonds is 13. The molecule has 0 bridgehead atoms. The number of alkyl carbamates (subject to hydrolysis) is 1. The lowest BCUT2D eigenvalue weighted by molar-refractivity contribution is -0.127. The first-order valence-corrected chi connectivity index (χ1v) is 12.6. The highest BCUT2D eigenvalue weighted by Crippen LogP contribution is 2.27. The Morgan fingerprint density at radius 1 is 1.03 bits per heavy atom. The van der Waals surface area contributed by atoms with Crippen molar-refractivity contribution in [3.8, 4) is 0 Å². The third-order valence-corrected chi connectivity index (χ3v) is 6.67. The average molecular weight is 488 g/mol. The molecular formula is C26H37N3O6. The highest BCUT2D eigenvalue weighted by molar-refractivity contribution is 5.88. The zero-order valence-electron chi connectivity index (χ0n) is 20.2. The second-order valence-corrected chi connectivity index (χ2v) is 9.37. The quantitative estimate of drug-likeness (QED) is 0.290. The third-order valence-electron chi connectivity index (χ3n) is 6.67. The fourth-order valence-electron chi connectivity index (χ4n) is 4.74. The van der Waals surface area contributed by atoms with Crippen LogP contribution in [0.3, 0.4) is 0 Å². The van der Waals surface area contributed by atoms with E-state index in [1.165, 1.54) is 6.42 Å². The molecule has 192 valence electrons. The maximum absolute atomic E-state index is 13.0. The standard InChI is InChI=1S/C26H37N3O6/c30-17-22(16-21-11-12-27-24(21)31)28-25(32)23(15-19-7-3-1-4-8-19)29-26(33)35-14-13-34-18-20-9-5-2-6-10-20/h2,5-6,9-10,17,19,21-23H,1,3-4,7-8,11-16,18H2,(H,27,31)(H,28,32)(H,29,33)/t21-,22-,23-/m0/s1. The summed E-state index contributed by atoms with van der Waals surface area (Å²) in [4.78, 5) is 48.9. The molecule has 1 aromatic carbocycles. The van der Waals surface area contributed by atoms with Gasteiger partial charge in [-0.05, 0) is 30.7 Å². The first kappa shape index (κ1) is 26.7. The van der Waals surface area contributed by atoms with Gasteiger partial charge in [0.15, 0.2) is 0 Å². The van der Waals surface area contributed by atoms with E-state index < -0.39 is 24.1 Å². The van der Waals surface area contributed by atoms with Crippen molar-refractivity contribution < 1.29 is 28.7 Å². The van der Waals surface area contributed by atoms with Crippen molar-refractivity contribution >= 4 is 24.2 Å². The Hall–Kier alpha value is -2.94. The van der Waals surface area contributed by atoms with Crippen LogP contribution in [0, 0.1) is 11.8 Å². The molecule has 1 aliphatic heterocycles. The normalized spacial score (nSPS) is 19.9. The van der Waals surface area contributed by atoms with Crippen LogP contribution in [0.15, 0.2) is 30.3 Å². The Balaban J connectivity index is 1.47. The summed E-state index contributed by atoms with van der Waals surface area (Å²) < 4.78 is 10.8. The van der Waals surface area contributed by atoms with Crippen LogP contribution in [0.2, 0.25) is 0 Å². The molecule has 0 aromatic heterocycles. The molecule has 2 fully saturated rings. The first-order chi connectivity index (χ1) is 17.0. The summed E-state index contributed by atoms with van der Waals surface area (Å²) in [5.74, 6) is -0.496. The third kappa shape index (κ3) is 9.32. The number of ether oxygens (including phenoxy) is 2. The number of hydrogen-bond donors (Lipinski definition) is 3. The average Bonchev–Trinajstić information content (AvgIpc) is 3.28. The maximum atomic E-state index is 13.0. The van der Waals surface area contributed by atoms with E-state index in [-0.39, 0.29) is 31.5 Å². The molecule has 9 heteroatoms. The summed E-state index contributed by atoms with van der Waals surface area (Å²) in [6.07, 6.45) is 6.75. The number of benzene rings is 1. The molecule has 35 heavy (non-hydrogen) atoms. The fraction of sp³-hybridized carbons (Fsp3) is 0.615. The van der Waals surface area contributed by atoms with Crippen LogP contribution in [-0.2, 0) is 30.5 Å². The number of carbonyl (C=O) groups is 4. The smallest absolute Gasteiger partial charge is 0.407 e. The Morgan fingerprint density at radius 2 is 1.80 bits per heavy atom. The van der Waals surface area contributed by atoms with Crippen LogP contribution in [0.25, 0.3) is 0 Å². The largest absolute Gasteiger partial charge is 0.447 e. The summed E-state index contributed by atoms with van der Waals surface area (Å²) in [5, 5.41) is 8.14. The highest BCUT2D eigenvalue weighted by Gasteiger charge is 2.31. The van der Waals surface area contributed by atoms with Gasteiger partial charge < -0.3 is 30.2 Å². The zero-order valence-corrected chi connectivity index (χ0v) is 20.2. The fourth-order valence-corrected chi connectivity index (χ4v) is 4.74. The lowest BCUT2D eigenvalue weighted by Gasteiger charge is -2.27. The summed E-state index contributed by atoms with van der Waals surface area (Å²) in [5.41, 5.74) is 1.03. The molecule has 3 amide bonds. The molecule has 0 radical (unpaired) electrons. The lowest BCUT2D eigenvalue weighted by atomic mass is 9.84. The SMILES string of the molecule is O=C[C@H](C[C@@H]1CCNC1=O)NC(=O)[C@H](CC1CCCCC1)NC(=O)OCCOCc1ccccc1. The van der Waals surface area contributed by atoms with Gasteiger partial charge >= 0.3 is 6.09 Å². The number of nitrogens with one attached hydrogen (secondary N) is 3. The summed E-state index contributed by atoms with van der Waals surface area (Å²) in [6.45, 7) is 1.29. The van der Waals surface area contributed by atoms with Crippen LogP contribution in [0.5, 0.6) is 0 Å². The van der Waals surface area contributed by atoms with Gasteiger partial charge in [0.2, 0.25) is 11.8 Å². The number of carbonyl (C=O) groups excluding carboxylic acids is 4. The van der Waals surface area contributed by atoms with Crippen LogP contribution < -0.4 is 16.0 Å². The zero-order chi connectivity index (χ0) is 24.9. The van der Waals surface area contributed by atoms with Gasteiger partial charge in [-0.1, -0.05) is 62.4 Å². The molecule has 2 aliphatic rings.